The molecule has 15 heteroatoms. The first-order chi connectivity index (χ1) is 31.9. The molecular weight excluding hydrogens is 849 g/mol. The van der Waals surface area contributed by atoms with Crippen LogP contribution >= 0.6 is 0 Å². The second-order valence-corrected chi connectivity index (χ2v) is 20.8. The number of fused-ring (bicyclic) bond motifs is 3. The molecule has 7 atom stereocenters. The van der Waals surface area contributed by atoms with Gasteiger partial charge >= 0.3 is 0 Å². The van der Waals surface area contributed by atoms with E-state index in [1.54, 1.807) is 23.9 Å². The van der Waals surface area contributed by atoms with E-state index >= 15 is 0 Å². The van der Waals surface area contributed by atoms with Gasteiger partial charge in [0.15, 0.2) is 0 Å². The van der Waals surface area contributed by atoms with Crippen LogP contribution in [0.25, 0.3) is 0 Å². The summed E-state index contributed by atoms with van der Waals surface area (Å²) in [5.74, 6) is -1.44. The van der Waals surface area contributed by atoms with E-state index in [1.807, 2.05) is 96.1 Å². The van der Waals surface area contributed by atoms with Crippen molar-refractivity contribution in [3.05, 3.63) is 100 Å². The van der Waals surface area contributed by atoms with E-state index in [1.165, 1.54) is 5.56 Å². The first-order valence-corrected chi connectivity index (χ1v) is 23.9. The molecule has 6 amide bonds. The van der Waals surface area contributed by atoms with Gasteiger partial charge in [-0.15, -0.1) is 0 Å². The largest absolute Gasteiger partial charge is 0.493 e. The standard InChI is InChI=1S/C52H70N8O7/c1-51(2,3)45(57-43(61)27-53-7)49(65)59-29-34-24-32(20-21-33(34)25-40(59)47(63)56-39-22-23-67-42-19-12-11-17-37(39)42)35-26-41(48(64)55-38-18-13-15-31-14-9-10-16-36(31)38)60(30-35)50(66)46(52(4,5)6)58-44(62)28-54-8/h9-12,14,16-17,19-21,24,35,38-41,45-46,53-54H,13,15,18,22-23,25-30H2,1-8H3,(H,55,64)(H,56,63)(H,57,61)(H,58,62)/t35?,38?,39?,40-,41-,45?,46+/m0/s1. The third kappa shape index (κ3) is 11.2. The number of hydrogen-bond donors (Lipinski definition) is 6. The molecule has 1 saturated heterocycles. The lowest BCUT2D eigenvalue weighted by atomic mass is 9.83. The number of nitrogens with one attached hydrogen (secondary N) is 6. The molecule has 0 saturated carbocycles. The van der Waals surface area contributed by atoms with Gasteiger partial charge in [0, 0.05) is 37.4 Å². The van der Waals surface area contributed by atoms with E-state index < -0.39 is 35.0 Å². The van der Waals surface area contributed by atoms with Crippen LogP contribution in [0.4, 0.5) is 0 Å². The molecule has 0 spiro atoms. The van der Waals surface area contributed by atoms with Gasteiger partial charge in [0.05, 0.1) is 31.8 Å². The lowest BCUT2D eigenvalue weighted by Gasteiger charge is -2.41. The van der Waals surface area contributed by atoms with Gasteiger partial charge in [-0.05, 0) is 84.5 Å². The van der Waals surface area contributed by atoms with Crippen LogP contribution in [0, 0.1) is 10.8 Å². The average Bonchev–Trinajstić information content (AvgIpc) is 3.75. The number of likely N-dealkylation sites (tertiary alicyclic amines) is 1. The summed E-state index contributed by atoms with van der Waals surface area (Å²) in [7, 11) is 3.33. The Morgan fingerprint density at radius 2 is 1.25 bits per heavy atom. The van der Waals surface area contributed by atoms with Crippen molar-refractivity contribution in [2.45, 2.75) is 129 Å². The highest BCUT2D eigenvalue weighted by Crippen LogP contribution is 2.39. The molecule has 0 radical (unpaired) electrons. The Hall–Kier alpha value is -5.80. The van der Waals surface area contributed by atoms with E-state index in [9.17, 15) is 28.8 Å². The molecule has 0 aromatic heterocycles. The van der Waals surface area contributed by atoms with Gasteiger partial charge < -0.3 is 46.4 Å². The summed E-state index contributed by atoms with van der Waals surface area (Å²) in [6.45, 7) is 12.2. The number of nitrogens with zero attached hydrogens (tertiary/aromatic N) is 2. The molecule has 3 aromatic carbocycles. The number of rotatable bonds is 13. The smallest absolute Gasteiger partial charge is 0.246 e. The van der Waals surface area contributed by atoms with Crippen LogP contribution < -0.4 is 36.6 Å². The maximum absolute atomic E-state index is 14.9. The lowest BCUT2D eigenvalue weighted by molar-refractivity contribution is -0.147. The van der Waals surface area contributed by atoms with Crippen LogP contribution in [0.15, 0.2) is 66.7 Å². The van der Waals surface area contributed by atoms with Crippen LogP contribution in [0.5, 0.6) is 5.75 Å². The second kappa shape index (κ2) is 20.6. The SMILES string of the molecule is CNCC(=O)NC(C(=O)N1Cc2cc(C3C[C@@H](C(=O)NC4CCCc5ccccc54)N(C(=O)[C@@H](NC(=O)CNC)C(C)(C)C)C3)ccc2C[C@H]1C(=O)NC1CCOc2ccccc21)C(C)(C)C. The minimum atomic E-state index is -0.939. The highest BCUT2D eigenvalue weighted by Gasteiger charge is 2.47. The summed E-state index contributed by atoms with van der Waals surface area (Å²) in [5, 5.41) is 18.2. The van der Waals surface area contributed by atoms with Crippen molar-refractivity contribution in [3.63, 3.8) is 0 Å². The Morgan fingerprint density at radius 1 is 0.672 bits per heavy atom. The van der Waals surface area contributed by atoms with Crippen molar-refractivity contribution in [2.24, 2.45) is 10.8 Å². The molecule has 7 rings (SSSR count). The van der Waals surface area contributed by atoms with Crippen LogP contribution in [-0.4, -0.2) is 110 Å². The van der Waals surface area contributed by atoms with Gasteiger partial charge in [0.1, 0.15) is 29.9 Å². The summed E-state index contributed by atoms with van der Waals surface area (Å²) >= 11 is 0. The highest BCUT2D eigenvalue weighted by molar-refractivity contribution is 5.95. The molecule has 15 nitrogen and oxygen atoms in total. The van der Waals surface area contributed by atoms with Crippen molar-refractivity contribution in [1.82, 2.24) is 41.7 Å². The molecule has 1 fully saturated rings. The monoisotopic (exact) mass is 919 g/mol. The predicted molar refractivity (Wildman–Crippen MR) is 256 cm³/mol. The number of amides is 6. The number of carbonyl (C=O) groups excluding carboxylic acids is 6. The summed E-state index contributed by atoms with van der Waals surface area (Å²) in [6.07, 6.45) is 3.81. The third-order valence-electron chi connectivity index (χ3n) is 13.8. The Labute approximate surface area is 395 Å². The van der Waals surface area contributed by atoms with Crippen LogP contribution in [0.1, 0.15) is 119 Å². The van der Waals surface area contributed by atoms with Gasteiger partial charge in [-0.25, -0.2) is 0 Å². The highest BCUT2D eigenvalue weighted by atomic mass is 16.5. The van der Waals surface area contributed by atoms with Crippen molar-refractivity contribution in [2.75, 3.05) is 40.3 Å². The quantitative estimate of drug-likeness (QED) is 0.148. The maximum atomic E-state index is 14.9. The second-order valence-electron chi connectivity index (χ2n) is 20.8. The molecule has 0 bridgehead atoms. The van der Waals surface area contributed by atoms with Crippen LogP contribution in [0.2, 0.25) is 0 Å². The Balaban J connectivity index is 1.21. The number of likely N-dealkylation sites (N-methyl/N-ethyl adjacent to an activating group) is 2. The zero-order valence-electron chi connectivity index (χ0n) is 40.4. The first kappa shape index (κ1) is 49.1. The molecule has 3 heterocycles. The molecule has 1 aliphatic carbocycles. The van der Waals surface area contributed by atoms with Crippen molar-refractivity contribution in [1.29, 1.82) is 0 Å². The maximum Gasteiger partial charge on any atom is 0.246 e. The number of benzene rings is 3. The Morgan fingerprint density at radius 3 is 1.90 bits per heavy atom. The zero-order valence-corrected chi connectivity index (χ0v) is 40.4. The van der Waals surface area contributed by atoms with E-state index in [4.69, 9.17) is 4.74 Å². The minimum absolute atomic E-state index is 0.0197. The lowest BCUT2D eigenvalue weighted by Crippen LogP contribution is -2.61. The normalized spacial score (nSPS) is 22.2. The molecule has 4 unspecified atom stereocenters. The molecule has 360 valence electrons. The molecule has 4 aliphatic rings. The van der Waals surface area contributed by atoms with E-state index in [0.29, 0.717) is 25.2 Å². The topological polar surface area (TPSA) is 190 Å². The van der Waals surface area contributed by atoms with Gasteiger partial charge in [-0.3, -0.25) is 28.8 Å². The Kier molecular flexibility index (Phi) is 15.1. The Bertz CT molecular complexity index is 2340. The number of aryl methyl sites for hydroxylation is 1. The van der Waals surface area contributed by atoms with E-state index in [0.717, 1.165) is 47.1 Å². The fourth-order valence-corrected chi connectivity index (χ4v) is 10.2. The zero-order chi connectivity index (χ0) is 48.2. The van der Waals surface area contributed by atoms with Gasteiger partial charge in [0.25, 0.3) is 0 Å². The third-order valence-corrected chi connectivity index (χ3v) is 13.8. The van der Waals surface area contributed by atoms with Crippen molar-refractivity contribution in [3.8, 4) is 5.75 Å². The van der Waals surface area contributed by atoms with Gasteiger partial charge in [-0.2, -0.15) is 0 Å². The number of ether oxygens (including phenoxy) is 1. The molecular formula is C52H70N8O7. The summed E-state index contributed by atoms with van der Waals surface area (Å²) in [5.41, 5.74) is 4.45. The van der Waals surface area contributed by atoms with E-state index in [2.05, 4.69) is 44.0 Å². The minimum Gasteiger partial charge on any atom is -0.493 e. The molecule has 6 N–H and O–H groups in total. The molecule has 67 heavy (non-hydrogen) atoms. The average molecular weight is 919 g/mol. The van der Waals surface area contributed by atoms with Gasteiger partial charge in [-0.1, -0.05) is 102 Å². The van der Waals surface area contributed by atoms with Crippen molar-refractivity contribution >= 4 is 35.4 Å². The van der Waals surface area contributed by atoms with E-state index in [-0.39, 0.29) is 86.0 Å². The molecule has 3 aromatic rings. The first-order valence-electron chi connectivity index (χ1n) is 23.9. The van der Waals surface area contributed by atoms with Crippen LogP contribution in [-0.2, 0) is 48.2 Å². The molecule has 3 aliphatic heterocycles. The summed E-state index contributed by atoms with van der Waals surface area (Å²) in [4.78, 5) is 88.3. The summed E-state index contributed by atoms with van der Waals surface area (Å²) < 4.78 is 5.88. The number of carbonyl (C=O) groups is 6. The number of para-hydroxylation sites is 1. The predicted octanol–water partition coefficient (Wildman–Crippen LogP) is 3.96. The van der Waals surface area contributed by atoms with Crippen LogP contribution in [0.3, 0.4) is 0 Å². The summed E-state index contributed by atoms with van der Waals surface area (Å²) in [6, 6.07) is 17.8. The van der Waals surface area contributed by atoms with Crippen molar-refractivity contribution < 1.29 is 33.5 Å². The fraction of sp³-hybridized carbons (Fsp3) is 0.538. The number of hydrogen-bond acceptors (Lipinski definition) is 9. The van der Waals surface area contributed by atoms with Gasteiger partial charge in [0.2, 0.25) is 35.4 Å². The fourth-order valence-electron chi connectivity index (χ4n) is 10.2.